The lowest BCUT2D eigenvalue weighted by molar-refractivity contribution is 0.246. The van der Waals surface area contributed by atoms with Crippen LogP contribution >= 0.6 is 11.8 Å². The molecule has 0 saturated carbocycles. The summed E-state index contributed by atoms with van der Waals surface area (Å²) >= 11 is 1.61. The van der Waals surface area contributed by atoms with Gasteiger partial charge in [-0.05, 0) is 13.5 Å². The smallest absolute Gasteiger partial charge is 0.183 e. The van der Waals surface area contributed by atoms with Crippen LogP contribution in [0.1, 0.15) is 6.42 Å². The zero-order chi connectivity index (χ0) is 9.52. The van der Waals surface area contributed by atoms with Crippen LogP contribution in [0.3, 0.4) is 0 Å². The summed E-state index contributed by atoms with van der Waals surface area (Å²) in [5.41, 5.74) is 0. The van der Waals surface area contributed by atoms with Gasteiger partial charge in [0, 0.05) is 11.8 Å². The van der Waals surface area contributed by atoms with Crippen LogP contribution in [0.2, 0.25) is 0 Å². The van der Waals surface area contributed by atoms with Crippen LogP contribution in [0, 0.1) is 0 Å². The van der Waals surface area contributed by atoms with Crippen molar-refractivity contribution in [1.82, 2.24) is 20.5 Å². The molecule has 0 spiro atoms. The highest BCUT2D eigenvalue weighted by Crippen LogP contribution is 2.12. The summed E-state index contributed by atoms with van der Waals surface area (Å²) in [6.45, 7) is 0.174. The van der Waals surface area contributed by atoms with Crippen molar-refractivity contribution in [3.8, 4) is 0 Å². The van der Waals surface area contributed by atoms with E-state index in [1.807, 2.05) is 7.05 Å². The lowest BCUT2D eigenvalue weighted by Crippen LogP contribution is -2.29. The second-order valence-electron chi connectivity index (χ2n) is 2.60. The van der Waals surface area contributed by atoms with Gasteiger partial charge in [0.15, 0.2) is 5.16 Å². The predicted octanol–water partition coefficient (Wildman–Crippen LogP) is -0.133. The first-order valence-corrected chi connectivity index (χ1v) is 5.11. The fourth-order valence-corrected chi connectivity index (χ4v) is 1.72. The van der Waals surface area contributed by atoms with Crippen molar-refractivity contribution in [3.05, 3.63) is 6.33 Å². The van der Waals surface area contributed by atoms with E-state index in [-0.39, 0.29) is 12.6 Å². The van der Waals surface area contributed by atoms with Crippen molar-refractivity contribution in [3.63, 3.8) is 0 Å². The van der Waals surface area contributed by atoms with Crippen LogP contribution in [-0.4, -0.2) is 45.7 Å². The fraction of sp³-hybridized carbons (Fsp3) is 0.714. The van der Waals surface area contributed by atoms with E-state index in [0.717, 1.165) is 17.3 Å². The number of aromatic amines is 1. The van der Waals surface area contributed by atoms with Crippen LogP contribution in [0.25, 0.3) is 0 Å². The first kappa shape index (κ1) is 10.5. The number of aromatic nitrogens is 3. The molecular weight excluding hydrogens is 188 g/mol. The maximum absolute atomic E-state index is 8.88. The largest absolute Gasteiger partial charge is 0.395 e. The van der Waals surface area contributed by atoms with Gasteiger partial charge in [0.05, 0.1) is 6.61 Å². The molecular formula is C7H14N4OS. The number of nitrogens with zero attached hydrogens (tertiary/aromatic N) is 2. The Bertz CT molecular complexity index is 212. The summed E-state index contributed by atoms with van der Waals surface area (Å²) < 4.78 is 0. The van der Waals surface area contributed by atoms with E-state index < -0.39 is 0 Å². The maximum Gasteiger partial charge on any atom is 0.183 e. The highest BCUT2D eigenvalue weighted by molar-refractivity contribution is 7.99. The Balaban J connectivity index is 2.13. The SMILES string of the molecule is CNC(CO)CCSc1ncn[nH]1. The fourth-order valence-electron chi connectivity index (χ4n) is 0.889. The predicted molar refractivity (Wildman–Crippen MR) is 51.7 cm³/mol. The van der Waals surface area contributed by atoms with Crippen LogP contribution < -0.4 is 5.32 Å². The van der Waals surface area contributed by atoms with Gasteiger partial charge in [-0.3, -0.25) is 5.10 Å². The molecule has 3 N–H and O–H groups in total. The number of likely N-dealkylation sites (N-methyl/N-ethyl adjacent to an activating group) is 1. The van der Waals surface area contributed by atoms with Crippen LogP contribution in [-0.2, 0) is 0 Å². The van der Waals surface area contributed by atoms with Crippen LogP contribution in [0.5, 0.6) is 0 Å². The zero-order valence-electron chi connectivity index (χ0n) is 7.53. The lowest BCUT2D eigenvalue weighted by Gasteiger charge is -2.11. The van der Waals surface area contributed by atoms with Crippen LogP contribution in [0.15, 0.2) is 11.5 Å². The van der Waals surface area contributed by atoms with Crippen molar-refractivity contribution < 1.29 is 5.11 Å². The minimum absolute atomic E-state index is 0.174. The Labute approximate surface area is 81.3 Å². The molecule has 1 rings (SSSR count). The molecule has 0 amide bonds. The second-order valence-corrected chi connectivity index (χ2v) is 3.68. The molecule has 0 aliphatic rings. The lowest BCUT2D eigenvalue weighted by atomic mass is 10.2. The molecule has 0 bridgehead atoms. The van der Waals surface area contributed by atoms with E-state index in [9.17, 15) is 0 Å². The molecule has 0 saturated heterocycles. The third-order valence-corrected chi connectivity index (χ3v) is 2.64. The average Bonchev–Trinajstić information content (AvgIpc) is 2.65. The third-order valence-electron chi connectivity index (χ3n) is 1.73. The minimum atomic E-state index is 0.174. The second kappa shape index (κ2) is 5.95. The molecule has 1 atom stereocenters. The average molecular weight is 202 g/mol. The minimum Gasteiger partial charge on any atom is -0.395 e. The number of nitrogens with one attached hydrogen (secondary N) is 2. The first-order chi connectivity index (χ1) is 6.36. The monoisotopic (exact) mass is 202 g/mol. The number of rotatable bonds is 6. The van der Waals surface area contributed by atoms with Gasteiger partial charge >= 0.3 is 0 Å². The van der Waals surface area contributed by atoms with Gasteiger partial charge in [0.2, 0.25) is 0 Å². The Morgan fingerprint density at radius 2 is 2.62 bits per heavy atom. The molecule has 5 nitrogen and oxygen atoms in total. The topological polar surface area (TPSA) is 73.8 Å². The highest BCUT2D eigenvalue weighted by atomic mass is 32.2. The summed E-state index contributed by atoms with van der Waals surface area (Å²) in [5.74, 6) is 0.918. The highest BCUT2D eigenvalue weighted by Gasteiger charge is 2.04. The molecule has 0 radical (unpaired) electrons. The maximum atomic E-state index is 8.88. The number of aliphatic hydroxyl groups excluding tert-OH is 1. The summed E-state index contributed by atoms with van der Waals surface area (Å²) in [4.78, 5) is 3.98. The number of H-pyrrole nitrogens is 1. The van der Waals surface area contributed by atoms with Gasteiger partial charge in [-0.15, -0.1) is 0 Å². The molecule has 0 aromatic carbocycles. The Morgan fingerprint density at radius 3 is 3.15 bits per heavy atom. The third kappa shape index (κ3) is 3.75. The summed E-state index contributed by atoms with van der Waals surface area (Å²) in [6, 6.07) is 0.176. The number of aliphatic hydroxyl groups is 1. The van der Waals surface area contributed by atoms with E-state index in [2.05, 4.69) is 20.5 Å². The molecule has 0 aliphatic heterocycles. The molecule has 74 valence electrons. The van der Waals surface area contributed by atoms with Gasteiger partial charge in [-0.1, -0.05) is 11.8 Å². The van der Waals surface area contributed by atoms with Crippen molar-refractivity contribution in [1.29, 1.82) is 0 Å². The molecule has 6 heteroatoms. The quantitative estimate of drug-likeness (QED) is 0.560. The van der Waals surface area contributed by atoms with Crippen molar-refractivity contribution in [2.24, 2.45) is 0 Å². The summed E-state index contributed by atoms with van der Waals surface area (Å²) in [7, 11) is 1.85. The van der Waals surface area contributed by atoms with Crippen molar-refractivity contribution in [2.75, 3.05) is 19.4 Å². The zero-order valence-corrected chi connectivity index (χ0v) is 8.34. The molecule has 1 unspecified atom stereocenters. The number of thioether (sulfide) groups is 1. The van der Waals surface area contributed by atoms with E-state index >= 15 is 0 Å². The molecule has 0 fully saturated rings. The van der Waals surface area contributed by atoms with Crippen molar-refractivity contribution in [2.45, 2.75) is 17.6 Å². The van der Waals surface area contributed by atoms with Crippen molar-refractivity contribution >= 4 is 11.8 Å². The Kier molecular flexibility index (Phi) is 4.81. The molecule has 1 heterocycles. The normalized spacial score (nSPS) is 13.1. The van der Waals surface area contributed by atoms with E-state index in [4.69, 9.17) is 5.11 Å². The molecule has 0 aliphatic carbocycles. The molecule has 1 aromatic rings. The van der Waals surface area contributed by atoms with Gasteiger partial charge in [-0.2, -0.15) is 5.10 Å². The van der Waals surface area contributed by atoms with Crippen LogP contribution in [0.4, 0.5) is 0 Å². The summed E-state index contributed by atoms with van der Waals surface area (Å²) in [5, 5.41) is 19.2. The van der Waals surface area contributed by atoms with E-state index in [1.54, 1.807) is 11.8 Å². The molecule has 1 aromatic heterocycles. The first-order valence-electron chi connectivity index (χ1n) is 4.13. The Morgan fingerprint density at radius 1 is 1.77 bits per heavy atom. The van der Waals surface area contributed by atoms with Gasteiger partial charge in [0.25, 0.3) is 0 Å². The van der Waals surface area contributed by atoms with Gasteiger partial charge in [-0.25, -0.2) is 4.98 Å². The molecule has 13 heavy (non-hydrogen) atoms. The standard InChI is InChI=1S/C7H14N4OS/c1-8-6(4-12)2-3-13-7-9-5-10-11-7/h5-6,8,12H,2-4H2,1H3,(H,9,10,11). The van der Waals surface area contributed by atoms with E-state index in [1.165, 1.54) is 6.33 Å². The Hall–Kier alpha value is -0.590. The number of hydrogen-bond acceptors (Lipinski definition) is 5. The van der Waals surface area contributed by atoms with Gasteiger partial charge < -0.3 is 10.4 Å². The van der Waals surface area contributed by atoms with Gasteiger partial charge in [0.1, 0.15) is 6.33 Å². The summed E-state index contributed by atoms with van der Waals surface area (Å²) in [6.07, 6.45) is 2.41. The number of hydrogen-bond donors (Lipinski definition) is 3. The van der Waals surface area contributed by atoms with E-state index in [0.29, 0.717) is 0 Å².